The van der Waals surface area contributed by atoms with Gasteiger partial charge in [0.25, 0.3) is 5.69 Å². The Morgan fingerprint density at radius 2 is 1.44 bits per heavy atom. The van der Waals surface area contributed by atoms with Crippen molar-refractivity contribution >= 4 is 86.1 Å². The van der Waals surface area contributed by atoms with Crippen LogP contribution in [-0.4, -0.2) is 19.9 Å². The maximum atomic E-state index is 11.0. The van der Waals surface area contributed by atoms with E-state index in [0.29, 0.717) is 16.3 Å². The van der Waals surface area contributed by atoms with Gasteiger partial charge in [0.15, 0.2) is 17.5 Å². The minimum atomic E-state index is -1.98. The van der Waals surface area contributed by atoms with E-state index in [1.165, 1.54) is 12.1 Å². The van der Waals surface area contributed by atoms with Crippen LogP contribution < -0.4 is 0 Å². The summed E-state index contributed by atoms with van der Waals surface area (Å²) in [5.74, 6) is -0.359. The molecule has 0 aliphatic carbocycles. The number of non-ortho nitro benzene ring substituents is 1. The lowest BCUT2D eigenvalue weighted by Gasteiger charge is -2.16. The highest BCUT2D eigenvalue weighted by Crippen LogP contribution is 2.41. The van der Waals surface area contributed by atoms with Crippen molar-refractivity contribution in [2.24, 2.45) is 0 Å². The Morgan fingerprint density at radius 3 is 1.96 bits per heavy atom. The molecule has 0 bridgehead atoms. The minimum absolute atomic E-state index is 0.0562. The van der Waals surface area contributed by atoms with E-state index >= 15 is 0 Å². The van der Waals surface area contributed by atoms with E-state index in [1.54, 1.807) is 24.3 Å². The van der Waals surface area contributed by atoms with E-state index in [1.807, 2.05) is 0 Å². The summed E-state index contributed by atoms with van der Waals surface area (Å²) in [6.07, 6.45) is 0. The number of fused-ring (bicyclic) bond motifs is 1. The molecule has 0 saturated heterocycles. The van der Waals surface area contributed by atoms with Gasteiger partial charge < -0.3 is 0 Å². The van der Waals surface area contributed by atoms with E-state index in [-0.39, 0.29) is 23.2 Å². The van der Waals surface area contributed by atoms with Crippen LogP contribution in [0.25, 0.3) is 22.2 Å². The molecule has 0 aliphatic rings. The normalized spacial score (nSPS) is 12.4. The number of halogens is 6. The molecule has 6 nitrogen and oxygen atoms in total. The summed E-state index contributed by atoms with van der Waals surface area (Å²) in [6, 6.07) is 9.42. The van der Waals surface area contributed by atoms with Crippen molar-refractivity contribution in [1.29, 1.82) is 0 Å². The van der Waals surface area contributed by atoms with E-state index in [4.69, 9.17) is 69.6 Å². The van der Waals surface area contributed by atoms with Crippen molar-refractivity contribution in [1.82, 2.24) is 15.0 Å². The fourth-order valence-electron chi connectivity index (χ4n) is 2.33. The average molecular weight is 487 g/mol. The number of aromatic nitrogens is 3. The van der Waals surface area contributed by atoms with Crippen LogP contribution in [0.2, 0.25) is 0 Å². The molecule has 0 spiro atoms. The van der Waals surface area contributed by atoms with Gasteiger partial charge >= 0.3 is 0 Å². The molecule has 3 rings (SSSR count). The maximum Gasteiger partial charge on any atom is 0.270 e. The Labute approximate surface area is 182 Å². The Hall–Kier alpha value is -1.15. The van der Waals surface area contributed by atoms with Gasteiger partial charge in [-0.05, 0) is 16.8 Å². The molecule has 12 heteroatoms. The summed E-state index contributed by atoms with van der Waals surface area (Å²) in [6.45, 7) is 0. The van der Waals surface area contributed by atoms with Crippen molar-refractivity contribution in [3.8, 4) is 11.4 Å². The third kappa shape index (κ3) is 4.47. The summed E-state index contributed by atoms with van der Waals surface area (Å²) < 4.78 is -3.96. The second kappa shape index (κ2) is 7.35. The van der Waals surface area contributed by atoms with Gasteiger partial charge in [0.05, 0.1) is 4.92 Å². The summed E-state index contributed by atoms with van der Waals surface area (Å²) in [5, 5.41) is 12.2. The largest absolute Gasteiger partial charge is 0.270 e. The first-order valence-corrected chi connectivity index (χ1v) is 9.31. The zero-order chi connectivity index (χ0) is 20.0. The van der Waals surface area contributed by atoms with E-state index < -0.39 is 12.5 Å². The quantitative estimate of drug-likeness (QED) is 0.243. The topological polar surface area (TPSA) is 81.8 Å². The van der Waals surface area contributed by atoms with Crippen LogP contribution >= 0.6 is 69.6 Å². The Morgan fingerprint density at radius 1 is 0.852 bits per heavy atom. The number of benzene rings is 2. The highest BCUT2D eigenvalue weighted by Gasteiger charge is 2.34. The summed E-state index contributed by atoms with van der Waals surface area (Å²) in [7, 11) is 0. The monoisotopic (exact) mass is 484 g/mol. The SMILES string of the molecule is O=[N+]([O-])c1ccc2c(-c3nc(C(Cl)(Cl)Cl)nc(C(Cl)(Cl)Cl)n3)cccc2c1. The molecule has 0 amide bonds. The molecular weight excluding hydrogens is 481 g/mol. The molecule has 1 heterocycles. The van der Waals surface area contributed by atoms with Crippen LogP contribution in [0, 0.1) is 10.1 Å². The van der Waals surface area contributed by atoms with Gasteiger partial charge in [0.1, 0.15) is 0 Å². The third-order valence-electron chi connectivity index (χ3n) is 3.46. The highest BCUT2D eigenvalue weighted by atomic mass is 35.6. The second-order valence-electron chi connectivity index (χ2n) is 5.27. The number of rotatable bonds is 2. The molecule has 140 valence electrons. The number of nitro groups is 1. The first-order chi connectivity index (χ1) is 12.5. The molecule has 27 heavy (non-hydrogen) atoms. The first kappa shape index (κ1) is 20.6. The number of nitrogens with zero attached hydrogens (tertiary/aromatic N) is 4. The molecule has 0 atom stereocenters. The lowest BCUT2D eigenvalue weighted by Crippen LogP contribution is -2.16. The van der Waals surface area contributed by atoms with Crippen molar-refractivity contribution in [2.75, 3.05) is 0 Å². The van der Waals surface area contributed by atoms with E-state index in [0.717, 1.165) is 0 Å². The van der Waals surface area contributed by atoms with Crippen molar-refractivity contribution in [3.63, 3.8) is 0 Å². The lowest BCUT2D eigenvalue weighted by molar-refractivity contribution is -0.384. The minimum Gasteiger partial charge on any atom is -0.258 e. The van der Waals surface area contributed by atoms with Crippen molar-refractivity contribution < 1.29 is 4.92 Å². The molecule has 0 unspecified atom stereocenters. The maximum absolute atomic E-state index is 11.0. The van der Waals surface area contributed by atoms with Crippen molar-refractivity contribution in [2.45, 2.75) is 7.59 Å². The zero-order valence-electron chi connectivity index (χ0n) is 12.8. The summed E-state index contributed by atoms with van der Waals surface area (Å²) >= 11 is 35.3. The van der Waals surface area contributed by atoms with E-state index in [9.17, 15) is 10.1 Å². The molecule has 0 saturated carbocycles. The average Bonchev–Trinajstić information content (AvgIpc) is 2.58. The van der Waals surface area contributed by atoms with Gasteiger partial charge in [0, 0.05) is 17.7 Å². The smallest absolute Gasteiger partial charge is 0.258 e. The van der Waals surface area contributed by atoms with E-state index in [2.05, 4.69) is 15.0 Å². The second-order valence-corrected chi connectivity index (χ2v) is 9.83. The Bertz CT molecular complexity index is 1020. The first-order valence-electron chi connectivity index (χ1n) is 7.05. The van der Waals surface area contributed by atoms with Gasteiger partial charge in [-0.25, -0.2) is 15.0 Å². The number of alkyl halides is 6. The summed E-state index contributed by atoms with van der Waals surface area (Å²) in [4.78, 5) is 22.8. The van der Waals surface area contributed by atoms with Crippen LogP contribution in [0.1, 0.15) is 11.6 Å². The van der Waals surface area contributed by atoms with Crippen LogP contribution in [-0.2, 0) is 7.59 Å². The van der Waals surface area contributed by atoms with Gasteiger partial charge in [-0.3, -0.25) is 10.1 Å². The summed E-state index contributed by atoms with van der Waals surface area (Å²) in [5.41, 5.74) is 0.440. The van der Waals surface area contributed by atoms with Crippen molar-refractivity contribution in [3.05, 3.63) is 58.2 Å². The van der Waals surface area contributed by atoms with Crippen LogP contribution in [0.3, 0.4) is 0 Å². The van der Waals surface area contributed by atoms with Gasteiger partial charge in [-0.15, -0.1) is 0 Å². The third-order valence-corrected chi connectivity index (χ3v) is 4.47. The van der Waals surface area contributed by atoms with Gasteiger partial charge in [0.2, 0.25) is 7.59 Å². The Balaban J connectivity index is 2.28. The van der Waals surface area contributed by atoms with Crippen LogP contribution in [0.15, 0.2) is 36.4 Å². The van der Waals surface area contributed by atoms with Gasteiger partial charge in [-0.2, -0.15) is 0 Å². The highest BCUT2D eigenvalue weighted by molar-refractivity contribution is 6.67. The standard InChI is InChI=1S/C15H6Cl6N4O2/c16-14(17,18)12-22-11(23-13(24-12)15(19,20)21)10-3-1-2-7-6-8(25(26)27)4-5-9(7)10/h1-6H. The Kier molecular flexibility index (Phi) is 5.60. The fourth-order valence-corrected chi connectivity index (χ4v) is 2.84. The molecule has 0 N–H and O–H groups in total. The lowest BCUT2D eigenvalue weighted by atomic mass is 10.0. The zero-order valence-corrected chi connectivity index (χ0v) is 17.4. The molecule has 0 fully saturated rings. The van der Waals surface area contributed by atoms with Crippen LogP contribution in [0.5, 0.6) is 0 Å². The molecule has 2 aromatic carbocycles. The number of nitro benzene ring substituents is 1. The number of hydrogen-bond acceptors (Lipinski definition) is 5. The molecular formula is C15H6Cl6N4O2. The molecule has 0 radical (unpaired) electrons. The fraction of sp³-hybridized carbons (Fsp3) is 0.133. The predicted octanol–water partition coefficient (Wildman–Crippen LogP) is 6.25. The molecule has 3 aromatic rings. The van der Waals surface area contributed by atoms with Gasteiger partial charge in [-0.1, -0.05) is 87.8 Å². The number of hydrogen-bond donors (Lipinski definition) is 0. The molecule has 0 aliphatic heterocycles. The molecule has 1 aromatic heterocycles. The predicted molar refractivity (Wildman–Crippen MR) is 108 cm³/mol. The van der Waals surface area contributed by atoms with Crippen LogP contribution in [0.4, 0.5) is 5.69 Å².